The molecule has 2 amide bonds. The van der Waals surface area contributed by atoms with Crippen LogP contribution < -0.4 is 10.6 Å². The van der Waals surface area contributed by atoms with E-state index >= 15 is 0 Å². The highest BCUT2D eigenvalue weighted by atomic mass is 31.2. The Balaban J connectivity index is 4.97. The molecule has 0 aromatic heterocycles. The van der Waals surface area contributed by atoms with E-state index in [9.17, 15) is 24.1 Å². The third-order valence-electron chi connectivity index (χ3n) is 2.82. The van der Waals surface area contributed by atoms with Gasteiger partial charge in [-0.25, -0.2) is 14.2 Å². The van der Waals surface area contributed by atoms with Crippen LogP contribution in [0.2, 0.25) is 0 Å². The lowest BCUT2D eigenvalue weighted by atomic mass is 10.2. The number of carbonyl (C=O) groups is 3. The molecule has 0 aliphatic carbocycles. The number of alkyl carbamates (subject to hydrolysis) is 1. The number of hydrogen-bond acceptors (Lipinski definition) is 8. The third-order valence-corrected chi connectivity index (χ3v) is 4.65. The number of carbonyl (C=O) groups excluding carboxylic acids is 2. The van der Waals surface area contributed by atoms with Crippen LogP contribution in [0.15, 0.2) is 0 Å². The quantitative estimate of drug-likeness (QED) is 0.412. The monoisotopic (exact) mass is 440 g/mol. The SMILES string of the molecule is CC(C)OP(=O)(OC[C@H](NC(=O)[C@H](C)NC(=O)OC(C)(C)C)C(=O)O)OC(C)C. The highest BCUT2D eigenvalue weighted by Crippen LogP contribution is 2.51. The number of phosphoric acid groups is 1. The maximum Gasteiger partial charge on any atom is 0.475 e. The van der Waals surface area contributed by atoms with Gasteiger partial charge in [0.05, 0.1) is 18.8 Å². The van der Waals surface area contributed by atoms with Gasteiger partial charge in [-0.1, -0.05) is 0 Å². The Morgan fingerprint density at radius 1 is 0.966 bits per heavy atom. The first-order valence-corrected chi connectivity index (χ1v) is 10.6. The minimum Gasteiger partial charge on any atom is -0.480 e. The van der Waals surface area contributed by atoms with E-state index in [0.717, 1.165) is 0 Å². The number of nitrogens with one attached hydrogen (secondary N) is 2. The molecule has 11 nitrogen and oxygen atoms in total. The summed E-state index contributed by atoms with van der Waals surface area (Å²) in [6.07, 6.45) is -1.84. The number of carboxylic acid groups (broad SMARTS) is 1. The molecule has 0 spiro atoms. The second-order valence-electron chi connectivity index (χ2n) is 7.82. The first-order valence-electron chi connectivity index (χ1n) is 9.18. The number of hydrogen-bond donors (Lipinski definition) is 3. The Hall–Kier alpha value is -1.68. The van der Waals surface area contributed by atoms with Crippen LogP contribution in [-0.4, -0.2) is 59.6 Å². The van der Waals surface area contributed by atoms with Crippen molar-refractivity contribution in [2.24, 2.45) is 0 Å². The van der Waals surface area contributed by atoms with Gasteiger partial charge < -0.3 is 20.5 Å². The summed E-state index contributed by atoms with van der Waals surface area (Å²) in [6.45, 7) is 12.1. The van der Waals surface area contributed by atoms with Crippen LogP contribution in [-0.2, 0) is 32.5 Å². The maximum absolute atomic E-state index is 12.6. The Kier molecular flexibility index (Phi) is 10.8. The molecule has 170 valence electrons. The number of phosphoric ester groups is 1. The van der Waals surface area contributed by atoms with Crippen LogP contribution >= 0.6 is 7.82 Å². The van der Waals surface area contributed by atoms with Gasteiger partial charge in [0, 0.05) is 0 Å². The fraction of sp³-hybridized carbons (Fsp3) is 0.824. The van der Waals surface area contributed by atoms with Crippen LogP contribution in [0.25, 0.3) is 0 Å². The van der Waals surface area contributed by atoms with Crippen LogP contribution in [0.3, 0.4) is 0 Å². The van der Waals surface area contributed by atoms with Crippen molar-refractivity contribution in [2.45, 2.75) is 85.3 Å². The molecule has 0 aromatic carbocycles. The standard InChI is InChI=1S/C17H33N2O9P/c1-10(2)27-29(24,28-11(3)4)25-9-13(15(21)22)19-14(20)12(5)18-16(23)26-17(6,7)8/h10-13H,9H2,1-8H3,(H,18,23)(H,19,20)(H,21,22)/t12-,13-/m0/s1. The molecule has 0 saturated heterocycles. The molecule has 2 atom stereocenters. The Bertz CT molecular complexity index is 603. The number of amides is 2. The number of ether oxygens (including phenoxy) is 1. The van der Waals surface area contributed by atoms with Crippen LogP contribution in [0.4, 0.5) is 4.79 Å². The topological polar surface area (TPSA) is 149 Å². The molecule has 0 rings (SSSR count). The summed E-state index contributed by atoms with van der Waals surface area (Å²) in [5, 5.41) is 13.8. The van der Waals surface area contributed by atoms with Gasteiger partial charge in [0.1, 0.15) is 11.6 Å². The molecule has 0 aliphatic rings. The van der Waals surface area contributed by atoms with Crippen molar-refractivity contribution in [3.63, 3.8) is 0 Å². The first kappa shape index (κ1) is 27.3. The molecule has 29 heavy (non-hydrogen) atoms. The summed E-state index contributed by atoms with van der Waals surface area (Å²) in [5.41, 5.74) is -0.758. The Morgan fingerprint density at radius 2 is 1.45 bits per heavy atom. The molecule has 0 heterocycles. The van der Waals surface area contributed by atoms with Crippen molar-refractivity contribution in [1.29, 1.82) is 0 Å². The van der Waals surface area contributed by atoms with Gasteiger partial charge in [0.2, 0.25) is 5.91 Å². The minimum absolute atomic E-state index is 0.504. The highest BCUT2D eigenvalue weighted by Gasteiger charge is 2.33. The van der Waals surface area contributed by atoms with Gasteiger partial charge in [0.25, 0.3) is 0 Å². The molecule has 0 aliphatic heterocycles. The summed E-state index contributed by atoms with van der Waals surface area (Å²) in [4.78, 5) is 35.4. The lowest BCUT2D eigenvalue weighted by molar-refractivity contribution is -0.143. The smallest absolute Gasteiger partial charge is 0.475 e. The normalized spacial score (nSPS) is 14.4. The van der Waals surface area contributed by atoms with Crippen molar-refractivity contribution >= 4 is 25.8 Å². The number of aliphatic carboxylic acids is 1. The van der Waals surface area contributed by atoms with Gasteiger partial charge in [-0.05, 0) is 55.4 Å². The molecular weight excluding hydrogens is 407 g/mol. The predicted octanol–water partition coefficient (Wildman–Crippen LogP) is 2.44. The molecule has 0 unspecified atom stereocenters. The highest BCUT2D eigenvalue weighted by molar-refractivity contribution is 7.48. The van der Waals surface area contributed by atoms with E-state index in [1.807, 2.05) is 0 Å². The molecule has 0 radical (unpaired) electrons. The minimum atomic E-state index is -4.04. The summed E-state index contributed by atoms with van der Waals surface area (Å²) in [6, 6.07) is -2.64. The van der Waals surface area contributed by atoms with E-state index in [1.54, 1.807) is 48.5 Å². The van der Waals surface area contributed by atoms with Gasteiger partial charge in [-0.3, -0.25) is 18.4 Å². The molecule has 0 saturated carbocycles. The van der Waals surface area contributed by atoms with Crippen LogP contribution in [0, 0.1) is 0 Å². The molecular formula is C17H33N2O9P. The zero-order valence-electron chi connectivity index (χ0n) is 18.2. The second-order valence-corrected chi connectivity index (χ2v) is 9.39. The number of rotatable bonds is 11. The molecule has 0 aromatic rings. The molecule has 0 fully saturated rings. The lowest BCUT2D eigenvalue weighted by Gasteiger charge is -2.24. The molecule has 12 heteroatoms. The van der Waals surface area contributed by atoms with Crippen LogP contribution in [0.1, 0.15) is 55.4 Å². The summed E-state index contributed by atoms with van der Waals surface area (Å²) >= 11 is 0. The average molecular weight is 440 g/mol. The van der Waals surface area contributed by atoms with E-state index < -0.39 is 62.3 Å². The zero-order valence-corrected chi connectivity index (χ0v) is 19.1. The van der Waals surface area contributed by atoms with E-state index in [0.29, 0.717) is 0 Å². The second kappa shape index (κ2) is 11.5. The van der Waals surface area contributed by atoms with Gasteiger partial charge in [-0.15, -0.1) is 0 Å². The van der Waals surface area contributed by atoms with E-state index in [-0.39, 0.29) is 0 Å². The lowest BCUT2D eigenvalue weighted by Crippen LogP contribution is -2.52. The van der Waals surface area contributed by atoms with Gasteiger partial charge >= 0.3 is 19.9 Å². The van der Waals surface area contributed by atoms with E-state index in [1.165, 1.54) is 6.92 Å². The summed E-state index contributed by atoms with van der Waals surface area (Å²) < 4.78 is 33.1. The van der Waals surface area contributed by atoms with E-state index in [2.05, 4.69) is 10.6 Å². The largest absolute Gasteiger partial charge is 0.480 e. The Labute approximate surface area is 171 Å². The summed E-state index contributed by atoms with van der Waals surface area (Å²) in [7, 11) is -4.04. The molecule has 0 bridgehead atoms. The van der Waals surface area contributed by atoms with Gasteiger partial charge in [-0.2, -0.15) is 0 Å². The first-order chi connectivity index (χ1) is 13.0. The van der Waals surface area contributed by atoms with E-state index in [4.69, 9.17) is 18.3 Å². The average Bonchev–Trinajstić information content (AvgIpc) is 2.46. The van der Waals surface area contributed by atoms with Crippen molar-refractivity contribution in [3.8, 4) is 0 Å². The van der Waals surface area contributed by atoms with Gasteiger partial charge in [0.15, 0.2) is 6.04 Å². The Morgan fingerprint density at radius 3 is 1.83 bits per heavy atom. The third kappa shape index (κ3) is 12.5. The van der Waals surface area contributed by atoms with Crippen LogP contribution in [0.5, 0.6) is 0 Å². The summed E-state index contributed by atoms with van der Waals surface area (Å²) in [5.74, 6) is -2.22. The zero-order chi connectivity index (χ0) is 23.0. The maximum atomic E-state index is 12.6. The predicted molar refractivity (Wildman–Crippen MR) is 104 cm³/mol. The number of carboxylic acids is 1. The van der Waals surface area contributed by atoms with Crippen molar-refractivity contribution < 1.29 is 42.4 Å². The molecule has 3 N–H and O–H groups in total. The van der Waals surface area contributed by atoms with Crippen molar-refractivity contribution in [3.05, 3.63) is 0 Å². The van der Waals surface area contributed by atoms with Crippen molar-refractivity contribution in [2.75, 3.05) is 6.61 Å². The van der Waals surface area contributed by atoms with Crippen molar-refractivity contribution in [1.82, 2.24) is 10.6 Å². The fourth-order valence-corrected chi connectivity index (χ4v) is 3.33. The fourth-order valence-electron chi connectivity index (χ4n) is 1.79.